The summed E-state index contributed by atoms with van der Waals surface area (Å²) in [6, 6.07) is 8.41. The molecule has 76 valence electrons. The number of aryl methyl sites for hydroxylation is 1. The molecule has 1 heterocycles. The van der Waals surface area contributed by atoms with Crippen molar-refractivity contribution in [3.8, 4) is 0 Å². The summed E-state index contributed by atoms with van der Waals surface area (Å²) >= 11 is 0. The topological polar surface area (TPSA) is 18.5 Å². The first-order chi connectivity index (χ1) is 6.75. The molecule has 1 fully saturated rings. The molecule has 0 amide bonds. The third kappa shape index (κ3) is 2.14. The third-order valence-electron chi connectivity index (χ3n) is 2.59. The van der Waals surface area contributed by atoms with Gasteiger partial charge >= 0.3 is 0 Å². The fourth-order valence-corrected chi connectivity index (χ4v) is 1.56. The highest BCUT2D eigenvalue weighted by atomic mass is 16.6. The van der Waals surface area contributed by atoms with E-state index < -0.39 is 0 Å². The Labute approximate surface area is 84.8 Å². The Kier molecular flexibility index (Phi) is 2.85. The van der Waals surface area contributed by atoms with Crippen LogP contribution in [-0.4, -0.2) is 18.8 Å². The maximum absolute atomic E-state index is 5.71. The molecule has 2 rings (SSSR count). The monoisotopic (exact) mass is 192 g/mol. The summed E-state index contributed by atoms with van der Waals surface area (Å²) in [7, 11) is 0. The molecular formula is C12H16O2. The molecule has 0 saturated carbocycles. The molecule has 1 saturated heterocycles. The summed E-state index contributed by atoms with van der Waals surface area (Å²) in [5.74, 6) is 0. The van der Waals surface area contributed by atoms with Gasteiger partial charge in [0.25, 0.3) is 0 Å². The lowest BCUT2D eigenvalue weighted by Crippen LogP contribution is -2.44. The van der Waals surface area contributed by atoms with Crippen LogP contribution in [0.25, 0.3) is 0 Å². The van der Waals surface area contributed by atoms with Crippen molar-refractivity contribution in [2.45, 2.75) is 32.7 Å². The van der Waals surface area contributed by atoms with E-state index in [1.165, 1.54) is 11.1 Å². The summed E-state index contributed by atoms with van der Waals surface area (Å²) in [5.41, 5.74) is 2.52. The van der Waals surface area contributed by atoms with Gasteiger partial charge in [-0.15, -0.1) is 0 Å². The molecule has 1 aliphatic rings. The molecule has 2 heteroatoms. The van der Waals surface area contributed by atoms with Crippen LogP contribution in [0.5, 0.6) is 0 Å². The SMILES string of the molecule is Cc1cccc(COC2COC2C)c1. The van der Waals surface area contributed by atoms with E-state index >= 15 is 0 Å². The van der Waals surface area contributed by atoms with E-state index in [2.05, 4.69) is 31.2 Å². The highest BCUT2D eigenvalue weighted by Gasteiger charge is 2.28. The van der Waals surface area contributed by atoms with Crippen LogP contribution in [0.1, 0.15) is 18.1 Å². The molecule has 0 bridgehead atoms. The Morgan fingerprint density at radius 3 is 2.93 bits per heavy atom. The molecule has 2 unspecified atom stereocenters. The van der Waals surface area contributed by atoms with Crippen molar-refractivity contribution in [1.82, 2.24) is 0 Å². The zero-order chi connectivity index (χ0) is 9.97. The molecule has 2 atom stereocenters. The first-order valence-corrected chi connectivity index (χ1v) is 5.04. The lowest BCUT2D eigenvalue weighted by atomic mass is 10.1. The molecule has 1 aliphatic heterocycles. The summed E-state index contributed by atoms with van der Waals surface area (Å²) in [6.45, 7) is 5.58. The van der Waals surface area contributed by atoms with E-state index in [4.69, 9.17) is 9.47 Å². The predicted molar refractivity (Wildman–Crippen MR) is 55.2 cm³/mol. The van der Waals surface area contributed by atoms with Gasteiger partial charge in [-0.05, 0) is 19.4 Å². The van der Waals surface area contributed by atoms with Crippen molar-refractivity contribution < 1.29 is 9.47 Å². The minimum absolute atomic E-state index is 0.264. The predicted octanol–water partition coefficient (Wildman–Crippen LogP) is 2.30. The van der Waals surface area contributed by atoms with Gasteiger partial charge in [0.05, 0.1) is 19.3 Å². The maximum atomic E-state index is 5.71. The number of benzene rings is 1. The highest BCUT2D eigenvalue weighted by molar-refractivity contribution is 5.21. The summed E-state index contributed by atoms with van der Waals surface area (Å²) in [4.78, 5) is 0. The zero-order valence-corrected chi connectivity index (χ0v) is 8.69. The lowest BCUT2D eigenvalue weighted by Gasteiger charge is -2.33. The smallest absolute Gasteiger partial charge is 0.107 e. The van der Waals surface area contributed by atoms with Crippen LogP contribution in [0.15, 0.2) is 24.3 Å². The number of hydrogen-bond donors (Lipinski definition) is 0. The second kappa shape index (κ2) is 4.11. The van der Waals surface area contributed by atoms with Crippen molar-refractivity contribution in [3.05, 3.63) is 35.4 Å². The van der Waals surface area contributed by atoms with Crippen molar-refractivity contribution in [2.24, 2.45) is 0 Å². The quantitative estimate of drug-likeness (QED) is 0.731. The average molecular weight is 192 g/mol. The van der Waals surface area contributed by atoms with Gasteiger partial charge in [0.1, 0.15) is 6.10 Å². The van der Waals surface area contributed by atoms with Gasteiger partial charge in [-0.3, -0.25) is 0 Å². The minimum Gasteiger partial charge on any atom is -0.373 e. The minimum atomic E-state index is 0.264. The van der Waals surface area contributed by atoms with Crippen LogP contribution in [0.2, 0.25) is 0 Å². The fourth-order valence-electron chi connectivity index (χ4n) is 1.56. The largest absolute Gasteiger partial charge is 0.373 e. The third-order valence-corrected chi connectivity index (χ3v) is 2.59. The molecule has 14 heavy (non-hydrogen) atoms. The van der Waals surface area contributed by atoms with Crippen LogP contribution in [-0.2, 0) is 16.1 Å². The Morgan fingerprint density at radius 1 is 1.50 bits per heavy atom. The van der Waals surface area contributed by atoms with Crippen molar-refractivity contribution in [3.63, 3.8) is 0 Å². The van der Waals surface area contributed by atoms with Gasteiger partial charge in [0.2, 0.25) is 0 Å². The molecule has 0 N–H and O–H groups in total. The molecule has 1 aromatic carbocycles. The van der Waals surface area contributed by atoms with Crippen LogP contribution in [0.4, 0.5) is 0 Å². The number of ether oxygens (including phenoxy) is 2. The van der Waals surface area contributed by atoms with E-state index in [0.717, 1.165) is 6.61 Å². The lowest BCUT2D eigenvalue weighted by molar-refractivity contribution is -0.184. The molecule has 0 radical (unpaired) electrons. The second-order valence-corrected chi connectivity index (χ2v) is 3.88. The zero-order valence-electron chi connectivity index (χ0n) is 8.69. The summed E-state index contributed by atoms with van der Waals surface area (Å²) in [6.07, 6.45) is 0.551. The van der Waals surface area contributed by atoms with Crippen molar-refractivity contribution >= 4 is 0 Å². The second-order valence-electron chi connectivity index (χ2n) is 3.88. The molecule has 1 aromatic rings. The standard InChI is InChI=1S/C12H16O2/c1-9-4-3-5-11(6-9)7-14-12-8-13-10(12)2/h3-6,10,12H,7-8H2,1-2H3. The first-order valence-electron chi connectivity index (χ1n) is 5.04. The van der Waals surface area contributed by atoms with Crippen LogP contribution in [0.3, 0.4) is 0 Å². The van der Waals surface area contributed by atoms with Crippen molar-refractivity contribution in [1.29, 1.82) is 0 Å². The van der Waals surface area contributed by atoms with Gasteiger partial charge in [-0.25, -0.2) is 0 Å². The fraction of sp³-hybridized carbons (Fsp3) is 0.500. The van der Waals surface area contributed by atoms with E-state index in [1.807, 2.05) is 6.92 Å². The summed E-state index contributed by atoms with van der Waals surface area (Å²) in [5, 5.41) is 0. The molecule has 0 spiro atoms. The van der Waals surface area contributed by atoms with Crippen LogP contribution < -0.4 is 0 Å². The Hall–Kier alpha value is -0.860. The first kappa shape index (κ1) is 9.69. The Balaban J connectivity index is 1.85. The van der Waals surface area contributed by atoms with Crippen LogP contribution >= 0.6 is 0 Å². The average Bonchev–Trinajstić information content (AvgIpc) is 2.16. The molecule has 0 aliphatic carbocycles. The molecular weight excluding hydrogens is 176 g/mol. The Bertz CT molecular complexity index is 309. The van der Waals surface area contributed by atoms with Crippen molar-refractivity contribution in [2.75, 3.05) is 6.61 Å². The van der Waals surface area contributed by atoms with E-state index in [1.54, 1.807) is 0 Å². The highest BCUT2D eigenvalue weighted by Crippen LogP contribution is 2.17. The van der Waals surface area contributed by atoms with Gasteiger partial charge < -0.3 is 9.47 Å². The Morgan fingerprint density at radius 2 is 2.36 bits per heavy atom. The van der Waals surface area contributed by atoms with Crippen LogP contribution in [0, 0.1) is 6.92 Å². The van der Waals surface area contributed by atoms with Gasteiger partial charge in [-0.1, -0.05) is 29.8 Å². The molecule has 0 aromatic heterocycles. The van der Waals surface area contributed by atoms with Gasteiger partial charge in [0.15, 0.2) is 0 Å². The molecule has 2 nitrogen and oxygen atoms in total. The van der Waals surface area contributed by atoms with Gasteiger partial charge in [-0.2, -0.15) is 0 Å². The van der Waals surface area contributed by atoms with E-state index in [9.17, 15) is 0 Å². The van der Waals surface area contributed by atoms with Gasteiger partial charge in [0, 0.05) is 0 Å². The van der Waals surface area contributed by atoms with E-state index in [0.29, 0.717) is 6.61 Å². The van der Waals surface area contributed by atoms with E-state index in [-0.39, 0.29) is 12.2 Å². The number of hydrogen-bond acceptors (Lipinski definition) is 2. The summed E-state index contributed by atoms with van der Waals surface area (Å²) < 4.78 is 10.9. The normalized spacial score (nSPS) is 25.9. The maximum Gasteiger partial charge on any atom is 0.107 e. The number of rotatable bonds is 3.